The van der Waals surface area contributed by atoms with Gasteiger partial charge in [0, 0.05) is 37.4 Å². The van der Waals surface area contributed by atoms with Crippen molar-refractivity contribution in [3.63, 3.8) is 0 Å². The van der Waals surface area contributed by atoms with Gasteiger partial charge < -0.3 is 15.4 Å². The zero-order valence-electron chi connectivity index (χ0n) is 20.8. The summed E-state index contributed by atoms with van der Waals surface area (Å²) in [5.74, 6) is -1.69. The molecule has 1 saturated heterocycles. The Morgan fingerprint density at radius 1 is 1.12 bits per heavy atom. The molecule has 13 heteroatoms. The van der Waals surface area contributed by atoms with Gasteiger partial charge >= 0.3 is 6.18 Å². The number of nitrogens with one attached hydrogen (secondary N) is 2. The number of ketones is 1. The third kappa shape index (κ3) is 5.82. The number of halogens is 5. The van der Waals surface area contributed by atoms with Crippen LogP contribution in [-0.2, 0) is 28.7 Å². The summed E-state index contributed by atoms with van der Waals surface area (Å²) >= 11 is 6.31. The van der Waals surface area contributed by atoms with Gasteiger partial charge in [0.25, 0.3) is 0 Å². The lowest BCUT2D eigenvalue weighted by atomic mass is 9.80. The number of ether oxygens (including phenoxy) is 1. The Morgan fingerprint density at radius 2 is 1.95 bits per heavy atom. The zero-order valence-corrected chi connectivity index (χ0v) is 21.6. The van der Waals surface area contributed by atoms with Gasteiger partial charge in [-0.25, -0.2) is 4.39 Å². The number of rotatable bonds is 8. The van der Waals surface area contributed by atoms with Crippen molar-refractivity contribution in [1.82, 2.24) is 15.3 Å². The van der Waals surface area contributed by atoms with Gasteiger partial charge in [-0.15, -0.1) is 0 Å². The number of nitrogens with zero attached hydrogens (tertiary/aromatic N) is 3. The lowest BCUT2D eigenvalue weighted by molar-refractivity contribution is -0.137. The number of Topliss-reactive ketones (excluding diaryl/α,β-unsaturated/α-hetero) is 1. The number of hydrogen-bond acceptors (Lipinski definition) is 7. The second-order valence-corrected chi connectivity index (χ2v) is 9.94. The first-order valence-corrected chi connectivity index (χ1v) is 12.6. The van der Waals surface area contributed by atoms with E-state index in [1.807, 2.05) is 0 Å². The highest BCUT2D eigenvalue weighted by molar-refractivity contribution is 6.31. The summed E-state index contributed by atoms with van der Waals surface area (Å²) in [5.41, 5.74) is -0.457. The molecular weight excluding hydrogens is 554 g/mol. The second-order valence-electron chi connectivity index (χ2n) is 9.54. The van der Waals surface area contributed by atoms with Crippen LogP contribution in [0.4, 0.5) is 34.6 Å². The lowest BCUT2D eigenvalue weighted by Gasteiger charge is -2.25. The molecule has 1 aromatic carbocycles. The van der Waals surface area contributed by atoms with Crippen LogP contribution in [0.25, 0.3) is 0 Å². The summed E-state index contributed by atoms with van der Waals surface area (Å²) in [6.45, 7) is 0.285. The molecular formula is C27H22ClF4N5O3. The number of fused-ring (bicyclic) bond motifs is 1. The second kappa shape index (κ2) is 10.9. The number of aromatic nitrogens is 2. The Bertz CT molecular complexity index is 1510. The van der Waals surface area contributed by atoms with Crippen molar-refractivity contribution in [2.24, 2.45) is 10.4 Å². The van der Waals surface area contributed by atoms with E-state index in [4.69, 9.17) is 16.3 Å². The quantitative estimate of drug-likeness (QED) is 0.268. The minimum Gasteiger partial charge on any atom is -0.380 e. The molecule has 3 aromatic rings. The molecule has 40 heavy (non-hydrogen) atoms. The molecule has 0 bridgehead atoms. The van der Waals surface area contributed by atoms with E-state index < -0.39 is 28.9 Å². The molecule has 2 aliphatic heterocycles. The number of hydrogen-bond donors (Lipinski definition) is 2. The average Bonchev–Trinajstić information content (AvgIpc) is 3.58. The Morgan fingerprint density at radius 3 is 2.67 bits per heavy atom. The van der Waals surface area contributed by atoms with Crippen molar-refractivity contribution in [2.75, 3.05) is 18.5 Å². The van der Waals surface area contributed by atoms with E-state index in [9.17, 15) is 27.2 Å². The SMILES string of the molecule is O=C(C[C@@]1(C(=O)NCc2ncc(Nc3ccc(F)cc3C(F)(F)F)cc2Cl)CCOC1)c1cnc2c(c1)N=CC2. The van der Waals surface area contributed by atoms with Crippen LogP contribution in [0, 0.1) is 11.2 Å². The minimum absolute atomic E-state index is 0.0598. The number of carbonyl (C=O) groups excluding carboxylic acids is 2. The molecule has 4 heterocycles. The van der Waals surface area contributed by atoms with E-state index >= 15 is 0 Å². The van der Waals surface area contributed by atoms with Crippen molar-refractivity contribution in [1.29, 1.82) is 0 Å². The third-order valence-electron chi connectivity index (χ3n) is 6.77. The monoisotopic (exact) mass is 575 g/mol. The van der Waals surface area contributed by atoms with Crippen LogP contribution in [-0.4, -0.2) is 41.1 Å². The standard InChI is InChI=1S/C27H22ClF4N5O3/c28-19-9-17(37-20-2-1-16(29)8-18(20)27(30,31)32)12-35-23(19)13-36-25(39)26(4-6-40-14-26)10-24(38)15-7-22-21(34-11-15)3-5-33-22/h1-2,5,7-9,11-12,37H,3-4,6,10,13-14H2,(H,36,39)/t26-/m0/s1. The fraction of sp³-hybridized carbons (Fsp3) is 0.296. The lowest BCUT2D eigenvalue weighted by Crippen LogP contribution is -2.43. The van der Waals surface area contributed by atoms with Gasteiger partial charge in [0.1, 0.15) is 5.82 Å². The highest BCUT2D eigenvalue weighted by Gasteiger charge is 2.44. The van der Waals surface area contributed by atoms with Crippen LogP contribution in [0.2, 0.25) is 5.02 Å². The first-order chi connectivity index (χ1) is 19.0. The number of benzene rings is 1. The third-order valence-corrected chi connectivity index (χ3v) is 7.10. The molecule has 8 nitrogen and oxygen atoms in total. The molecule has 2 N–H and O–H groups in total. The number of amides is 1. The van der Waals surface area contributed by atoms with Gasteiger partial charge in [0.2, 0.25) is 5.91 Å². The summed E-state index contributed by atoms with van der Waals surface area (Å²) in [5, 5.41) is 5.39. The molecule has 0 spiro atoms. The van der Waals surface area contributed by atoms with E-state index in [2.05, 4.69) is 25.6 Å². The smallest absolute Gasteiger partial charge is 0.380 e. The Labute approximate surface area is 230 Å². The van der Waals surface area contributed by atoms with Crippen molar-refractivity contribution < 1.29 is 31.9 Å². The van der Waals surface area contributed by atoms with Crippen molar-refractivity contribution in [3.8, 4) is 0 Å². The fourth-order valence-electron chi connectivity index (χ4n) is 4.58. The molecule has 208 valence electrons. The van der Waals surface area contributed by atoms with Crippen molar-refractivity contribution in [3.05, 3.63) is 76.1 Å². The maximum Gasteiger partial charge on any atom is 0.418 e. The normalized spacial score (nSPS) is 18.0. The molecule has 2 aliphatic rings. The summed E-state index contributed by atoms with van der Waals surface area (Å²) in [6.07, 6.45) is 0.529. The van der Waals surface area contributed by atoms with E-state index in [1.165, 1.54) is 18.5 Å². The van der Waals surface area contributed by atoms with Gasteiger partial charge in [-0.05, 0) is 36.8 Å². The van der Waals surface area contributed by atoms with E-state index in [1.54, 1.807) is 12.3 Å². The predicted molar refractivity (Wildman–Crippen MR) is 139 cm³/mol. The molecule has 0 unspecified atom stereocenters. The summed E-state index contributed by atoms with van der Waals surface area (Å²) in [6, 6.07) is 5.28. The van der Waals surface area contributed by atoms with Gasteiger partial charge in [0.15, 0.2) is 5.78 Å². The number of carbonyl (C=O) groups is 2. The highest BCUT2D eigenvalue weighted by Crippen LogP contribution is 2.37. The maximum absolute atomic E-state index is 13.4. The van der Waals surface area contributed by atoms with Gasteiger partial charge in [-0.1, -0.05) is 11.6 Å². The van der Waals surface area contributed by atoms with E-state index in [-0.39, 0.29) is 47.4 Å². The maximum atomic E-state index is 13.4. The number of aliphatic imine (C=N–C) groups is 1. The van der Waals surface area contributed by atoms with Crippen molar-refractivity contribution in [2.45, 2.75) is 32.0 Å². The molecule has 2 aromatic heterocycles. The van der Waals surface area contributed by atoms with E-state index in [0.29, 0.717) is 36.8 Å². The van der Waals surface area contributed by atoms with Crippen LogP contribution in [0.15, 0.2) is 47.7 Å². The predicted octanol–water partition coefficient (Wildman–Crippen LogP) is 5.59. The van der Waals surface area contributed by atoms with Crippen LogP contribution in [0.3, 0.4) is 0 Å². The van der Waals surface area contributed by atoms with Crippen LogP contribution in [0.5, 0.6) is 0 Å². The number of pyridine rings is 2. The van der Waals surface area contributed by atoms with Crippen LogP contribution >= 0.6 is 11.6 Å². The topological polar surface area (TPSA) is 106 Å². The zero-order chi connectivity index (χ0) is 28.5. The molecule has 0 radical (unpaired) electrons. The summed E-state index contributed by atoms with van der Waals surface area (Å²) < 4.78 is 58.8. The molecule has 1 fully saturated rings. The Balaban J connectivity index is 1.26. The molecule has 1 amide bonds. The largest absolute Gasteiger partial charge is 0.418 e. The molecule has 0 aliphatic carbocycles. The van der Waals surface area contributed by atoms with Crippen molar-refractivity contribution >= 4 is 46.6 Å². The van der Waals surface area contributed by atoms with Gasteiger partial charge in [-0.2, -0.15) is 13.2 Å². The summed E-state index contributed by atoms with van der Waals surface area (Å²) in [4.78, 5) is 39.0. The number of anilines is 2. The first kappa shape index (κ1) is 27.7. The Hall–Kier alpha value is -3.90. The summed E-state index contributed by atoms with van der Waals surface area (Å²) in [7, 11) is 0. The van der Waals surface area contributed by atoms with Gasteiger partial charge in [-0.3, -0.25) is 24.5 Å². The van der Waals surface area contributed by atoms with E-state index in [0.717, 1.165) is 17.8 Å². The minimum atomic E-state index is -4.78. The molecule has 0 saturated carbocycles. The number of alkyl halides is 3. The molecule has 5 rings (SSSR count). The molecule has 1 atom stereocenters. The first-order valence-electron chi connectivity index (χ1n) is 12.2. The van der Waals surface area contributed by atoms with Crippen LogP contribution in [0.1, 0.15) is 40.2 Å². The highest BCUT2D eigenvalue weighted by atomic mass is 35.5. The van der Waals surface area contributed by atoms with Gasteiger partial charge in [0.05, 0.1) is 63.8 Å². The average molecular weight is 576 g/mol. The van der Waals surface area contributed by atoms with Crippen LogP contribution < -0.4 is 10.6 Å². The Kier molecular flexibility index (Phi) is 7.56. The fourth-order valence-corrected chi connectivity index (χ4v) is 4.81.